The maximum Gasteiger partial charge on any atom is 0.258 e. The SMILES string of the molecule is O=C(COc1ccc(CN(CCO)Cc2ncc[nH]2)cc1)NCC1CCCO1. The van der Waals surface area contributed by atoms with Gasteiger partial charge in [0.1, 0.15) is 11.6 Å². The van der Waals surface area contributed by atoms with Crippen LogP contribution >= 0.6 is 0 Å². The number of hydrogen-bond acceptors (Lipinski definition) is 6. The highest BCUT2D eigenvalue weighted by Crippen LogP contribution is 2.15. The van der Waals surface area contributed by atoms with Crippen molar-refractivity contribution in [3.05, 3.63) is 48.0 Å². The van der Waals surface area contributed by atoms with Crippen LogP contribution in [0.1, 0.15) is 24.2 Å². The second-order valence-corrected chi connectivity index (χ2v) is 6.84. The van der Waals surface area contributed by atoms with E-state index in [1.807, 2.05) is 24.3 Å². The third-order valence-electron chi connectivity index (χ3n) is 4.59. The number of amides is 1. The highest BCUT2D eigenvalue weighted by Gasteiger charge is 2.16. The van der Waals surface area contributed by atoms with E-state index in [9.17, 15) is 9.90 Å². The van der Waals surface area contributed by atoms with E-state index in [4.69, 9.17) is 9.47 Å². The first-order valence-corrected chi connectivity index (χ1v) is 9.64. The van der Waals surface area contributed by atoms with E-state index >= 15 is 0 Å². The second kappa shape index (κ2) is 10.8. The summed E-state index contributed by atoms with van der Waals surface area (Å²) in [7, 11) is 0. The van der Waals surface area contributed by atoms with Crippen molar-refractivity contribution in [1.82, 2.24) is 20.2 Å². The maximum atomic E-state index is 11.9. The van der Waals surface area contributed by atoms with Gasteiger partial charge in [0.2, 0.25) is 0 Å². The molecule has 2 heterocycles. The second-order valence-electron chi connectivity index (χ2n) is 6.84. The summed E-state index contributed by atoms with van der Waals surface area (Å²) in [5.74, 6) is 1.37. The molecule has 1 fully saturated rings. The van der Waals surface area contributed by atoms with Crippen molar-refractivity contribution >= 4 is 5.91 Å². The number of nitrogens with one attached hydrogen (secondary N) is 2. The summed E-state index contributed by atoms with van der Waals surface area (Å²) in [5.41, 5.74) is 1.09. The van der Waals surface area contributed by atoms with E-state index in [0.29, 0.717) is 31.9 Å². The lowest BCUT2D eigenvalue weighted by Gasteiger charge is -2.20. The van der Waals surface area contributed by atoms with Gasteiger partial charge in [-0.15, -0.1) is 0 Å². The Kier molecular flexibility index (Phi) is 7.83. The lowest BCUT2D eigenvalue weighted by Crippen LogP contribution is -2.35. The fourth-order valence-electron chi connectivity index (χ4n) is 3.13. The molecule has 3 rings (SSSR count). The zero-order valence-electron chi connectivity index (χ0n) is 16.0. The summed E-state index contributed by atoms with van der Waals surface area (Å²) in [4.78, 5) is 21.3. The van der Waals surface area contributed by atoms with Gasteiger partial charge < -0.3 is 24.9 Å². The van der Waals surface area contributed by atoms with Crippen molar-refractivity contribution < 1.29 is 19.4 Å². The number of carbonyl (C=O) groups excluding carboxylic acids is 1. The lowest BCUT2D eigenvalue weighted by molar-refractivity contribution is -0.123. The molecule has 1 unspecified atom stereocenters. The van der Waals surface area contributed by atoms with Crippen molar-refractivity contribution in [2.75, 3.05) is 32.9 Å². The summed E-state index contributed by atoms with van der Waals surface area (Å²) in [5, 5.41) is 12.1. The number of ether oxygens (including phenoxy) is 2. The molecule has 1 amide bonds. The molecule has 8 heteroatoms. The number of carbonyl (C=O) groups is 1. The number of aromatic amines is 1. The van der Waals surface area contributed by atoms with Gasteiger partial charge in [0.15, 0.2) is 6.61 Å². The highest BCUT2D eigenvalue weighted by atomic mass is 16.5. The van der Waals surface area contributed by atoms with Crippen LogP contribution in [0.4, 0.5) is 0 Å². The molecule has 0 aliphatic carbocycles. The molecule has 1 saturated heterocycles. The van der Waals surface area contributed by atoms with Crippen LogP contribution < -0.4 is 10.1 Å². The van der Waals surface area contributed by atoms with Gasteiger partial charge >= 0.3 is 0 Å². The lowest BCUT2D eigenvalue weighted by atomic mass is 10.2. The monoisotopic (exact) mass is 388 g/mol. The van der Waals surface area contributed by atoms with E-state index in [1.54, 1.807) is 12.4 Å². The zero-order valence-corrected chi connectivity index (χ0v) is 16.0. The van der Waals surface area contributed by atoms with Gasteiger partial charge in [0.05, 0.1) is 19.3 Å². The number of nitrogens with zero attached hydrogens (tertiary/aromatic N) is 2. The topological polar surface area (TPSA) is 99.7 Å². The summed E-state index contributed by atoms with van der Waals surface area (Å²) >= 11 is 0. The highest BCUT2D eigenvalue weighted by molar-refractivity contribution is 5.77. The van der Waals surface area contributed by atoms with Crippen molar-refractivity contribution in [2.24, 2.45) is 0 Å². The Hall–Kier alpha value is -2.42. The molecule has 0 saturated carbocycles. The van der Waals surface area contributed by atoms with Gasteiger partial charge in [-0.1, -0.05) is 12.1 Å². The van der Waals surface area contributed by atoms with Crippen molar-refractivity contribution in [2.45, 2.75) is 32.0 Å². The number of aliphatic hydroxyl groups excluding tert-OH is 1. The first-order valence-electron chi connectivity index (χ1n) is 9.64. The number of H-pyrrole nitrogens is 1. The molecule has 1 aliphatic rings. The fraction of sp³-hybridized carbons (Fsp3) is 0.500. The quantitative estimate of drug-likeness (QED) is 0.533. The van der Waals surface area contributed by atoms with Gasteiger partial charge in [-0.25, -0.2) is 4.98 Å². The number of hydrogen-bond donors (Lipinski definition) is 3. The van der Waals surface area contributed by atoms with Crippen molar-refractivity contribution in [3.8, 4) is 5.75 Å². The largest absolute Gasteiger partial charge is 0.484 e. The molecule has 8 nitrogen and oxygen atoms in total. The van der Waals surface area contributed by atoms with Crippen molar-refractivity contribution in [1.29, 1.82) is 0 Å². The number of rotatable bonds is 11. The van der Waals surface area contributed by atoms with Crippen LogP contribution in [0, 0.1) is 0 Å². The molecule has 2 aromatic rings. The van der Waals surface area contributed by atoms with E-state index in [-0.39, 0.29) is 25.2 Å². The van der Waals surface area contributed by atoms with Crippen LogP contribution in [0.5, 0.6) is 5.75 Å². The number of imidazole rings is 1. The fourth-order valence-corrected chi connectivity index (χ4v) is 3.13. The summed E-state index contributed by atoms with van der Waals surface area (Å²) in [6, 6.07) is 7.64. The minimum absolute atomic E-state index is 0.0127. The molecule has 1 aliphatic heterocycles. The van der Waals surface area contributed by atoms with Crippen LogP contribution in [0.2, 0.25) is 0 Å². The Labute approximate surface area is 164 Å². The molecule has 1 aromatic heterocycles. The van der Waals surface area contributed by atoms with Crippen molar-refractivity contribution in [3.63, 3.8) is 0 Å². The Morgan fingerprint density at radius 1 is 1.36 bits per heavy atom. The molecular weight excluding hydrogens is 360 g/mol. The van der Waals surface area contributed by atoms with E-state index in [1.165, 1.54) is 0 Å². The van der Waals surface area contributed by atoms with Crippen LogP contribution in [-0.2, 0) is 22.6 Å². The first kappa shape index (κ1) is 20.3. The smallest absolute Gasteiger partial charge is 0.258 e. The van der Waals surface area contributed by atoms with E-state index in [2.05, 4.69) is 20.2 Å². The molecule has 3 N–H and O–H groups in total. The normalized spacial score (nSPS) is 16.4. The first-order chi connectivity index (χ1) is 13.7. The van der Waals surface area contributed by atoms with Crippen LogP contribution in [0.25, 0.3) is 0 Å². The van der Waals surface area contributed by atoms with E-state index < -0.39 is 0 Å². The van der Waals surface area contributed by atoms with E-state index in [0.717, 1.165) is 30.8 Å². The molecule has 0 bridgehead atoms. The number of aromatic nitrogens is 2. The molecular formula is C20H28N4O4. The van der Waals surface area contributed by atoms with Crippen LogP contribution in [-0.4, -0.2) is 64.9 Å². The zero-order chi connectivity index (χ0) is 19.6. The minimum Gasteiger partial charge on any atom is -0.484 e. The summed E-state index contributed by atoms with van der Waals surface area (Å²) in [6.07, 6.45) is 5.69. The van der Waals surface area contributed by atoms with Gasteiger partial charge in [0.25, 0.3) is 5.91 Å². The van der Waals surface area contributed by atoms with Gasteiger partial charge in [-0.3, -0.25) is 9.69 Å². The average molecular weight is 388 g/mol. The molecule has 1 atom stereocenters. The predicted molar refractivity (Wildman–Crippen MR) is 104 cm³/mol. The third-order valence-corrected chi connectivity index (χ3v) is 4.59. The standard InChI is InChI=1S/C20H28N4O4/c25-10-9-24(14-19-21-7-8-22-19)13-16-3-5-17(6-4-16)28-15-20(26)23-12-18-2-1-11-27-18/h3-8,18,25H,1-2,9-15H2,(H,21,22)(H,23,26). The Balaban J connectivity index is 1.42. The minimum atomic E-state index is -0.146. The average Bonchev–Trinajstić information content (AvgIpc) is 3.40. The Morgan fingerprint density at radius 3 is 2.89 bits per heavy atom. The molecule has 0 radical (unpaired) electrons. The summed E-state index contributed by atoms with van der Waals surface area (Å²) in [6.45, 7) is 3.27. The molecule has 152 valence electrons. The maximum absolute atomic E-state index is 11.9. The third kappa shape index (κ3) is 6.63. The molecule has 28 heavy (non-hydrogen) atoms. The van der Waals surface area contributed by atoms with Gasteiger partial charge in [-0.2, -0.15) is 0 Å². The Bertz CT molecular complexity index is 700. The number of benzene rings is 1. The molecule has 1 aromatic carbocycles. The van der Waals surface area contributed by atoms with Crippen LogP contribution in [0.3, 0.4) is 0 Å². The summed E-state index contributed by atoms with van der Waals surface area (Å²) < 4.78 is 11.0. The predicted octanol–water partition coefficient (Wildman–Crippen LogP) is 1.08. The van der Waals surface area contributed by atoms with Crippen LogP contribution in [0.15, 0.2) is 36.7 Å². The van der Waals surface area contributed by atoms with Gasteiger partial charge in [0, 0.05) is 38.6 Å². The number of aliphatic hydroxyl groups is 1. The Morgan fingerprint density at radius 2 is 2.21 bits per heavy atom. The van der Waals surface area contributed by atoms with Gasteiger partial charge in [-0.05, 0) is 30.5 Å². The molecule has 0 spiro atoms.